The van der Waals surface area contributed by atoms with Gasteiger partial charge >= 0.3 is 0 Å². The van der Waals surface area contributed by atoms with Gasteiger partial charge in [0.05, 0.1) is 30.2 Å². The lowest BCUT2D eigenvalue weighted by Crippen LogP contribution is -1.93. The average molecular weight is 645 g/mol. The fourth-order valence-corrected chi connectivity index (χ4v) is 6.45. The zero-order valence-electron chi connectivity index (χ0n) is 47.0. The van der Waals surface area contributed by atoms with E-state index in [-0.39, 0.29) is 76.5 Å². The Labute approximate surface area is 315 Å². The second-order valence-corrected chi connectivity index (χ2v) is 11.1. The molecule has 1 heteroatoms. The molecule has 0 radical (unpaired) electrons. The lowest BCUT2D eigenvalue weighted by Gasteiger charge is -2.20. The highest BCUT2D eigenvalue weighted by atomic mass is 16.3. The first kappa shape index (κ1) is 13.6. The van der Waals surface area contributed by atoms with Crippen molar-refractivity contribution in [3.8, 4) is 44.5 Å². The molecule has 0 aliphatic heterocycles. The van der Waals surface area contributed by atoms with Crippen LogP contribution in [0.5, 0.6) is 0 Å². The molecule has 9 aromatic carbocycles. The van der Waals surface area contributed by atoms with E-state index in [1.165, 1.54) is 0 Å². The van der Waals surface area contributed by atoms with Gasteiger partial charge in [0.1, 0.15) is 11.2 Å². The summed E-state index contributed by atoms with van der Waals surface area (Å²) in [5.74, 6) is 0. The highest BCUT2D eigenvalue weighted by Gasteiger charge is 2.22. The number of hydrogen-bond donors (Lipinski definition) is 0. The van der Waals surface area contributed by atoms with E-state index in [4.69, 9.17) is 23.6 Å². The molecule has 10 aromatic rings. The van der Waals surface area contributed by atoms with Crippen LogP contribution in [0.15, 0.2) is 186 Å². The highest BCUT2D eigenvalue weighted by Crippen LogP contribution is 2.48. The van der Waals surface area contributed by atoms with E-state index in [0.29, 0.717) is 0 Å². The first-order valence-corrected chi connectivity index (χ1v) is 15.1. The first-order chi connectivity index (χ1) is 33.5. The molecular formula is C48H30O. The van der Waals surface area contributed by atoms with E-state index in [1.807, 2.05) is 0 Å². The van der Waals surface area contributed by atoms with E-state index in [2.05, 4.69) is 0 Å². The molecule has 1 heterocycles. The van der Waals surface area contributed by atoms with Crippen molar-refractivity contribution < 1.29 is 34.6 Å². The molecule has 49 heavy (non-hydrogen) atoms. The summed E-state index contributed by atoms with van der Waals surface area (Å²) in [5.41, 5.74) is -3.00. The molecule has 1 nitrogen and oxygen atoms in total. The van der Waals surface area contributed by atoms with Crippen LogP contribution in [0.3, 0.4) is 0 Å². The largest absolute Gasteiger partial charge is 0.455 e. The van der Waals surface area contributed by atoms with Gasteiger partial charge in [-0.25, -0.2) is 0 Å². The van der Waals surface area contributed by atoms with E-state index >= 15 is 0 Å². The zero-order chi connectivity index (χ0) is 51.5. The number of furan rings is 1. The van der Waals surface area contributed by atoms with Crippen molar-refractivity contribution in [3.05, 3.63) is 181 Å². The highest BCUT2D eigenvalue weighted by molar-refractivity contribution is 6.27. The van der Waals surface area contributed by atoms with Crippen molar-refractivity contribution in [2.45, 2.75) is 0 Å². The van der Waals surface area contributed by atoms with Crippen molar-refractivity contribution in [1.29, 1.82) is 0 Å². The number of fused-ring (bicyclic) bond motifs is 7. The van der Waals surface area contributed by atoms with Gasteiger partial charge in [0.2, 0.25) is 0 Å². The van der Waals surface area contributed by atoms with Crippen LogP contribution in [0.2, 0.25) is 0 Å². The Hall–Kier alpha value is -6.44. The van der Waals surface area contributed by atoms with Crippen molar-refractivity contribution >= 4 is 54.3 Å². The molecule has 10 rings (SSSR count). The molecule has 0 spiro atoms. The molecule has 0 bridgehead atoms. The molecule has 1 aromatic heterocycles. The van der Waals surface area contributed by atoms with Crippen LogP contribution in [0.25, 0.3) is 98.8 Å². The van der Waals surface area contributed by atoms with Crippen LogP contribution < -0.4 is 0 Å². The van der Waals surface area contributed by atoms with E-state index in [9.17, 15) is 11.0 Å². The van der Waals surface area contributed by atoms with Crippen molar-refractivity contribution in [2.24, 2.45) is 0 Å². The van der Waals surface area contributed by atoms with E-state index in [1.54, 1.807) is 48.5 Å². The van der Waals surface area contributed by atoms with Crippen molar-refractivity contribution in [1.82, 2.24) is 0 Å². The topological polar surface area (TPSA) is 13.1 Å². The average Bonchev–Trinajstić information content (AvgIpc) is 3.76. The molecule has 0 fully saturated rings. The summed E-state index contributed by atoms with van der Waals surface area (Å²) in [6.45, 7) is 0. The lowest BCUT2D eigenvalue weighted by molar-refractivity contribution is 0.673. The number of benzene rings is 9. The molecular weight excluding hydrogens is 593 g/mol. The number of hydrogen-bond acceptors (Lipinski definition) is 1. The fourth-order valence-electron chi connectivity index (χ4n) is 6.45. The predicted molar refractivity (Wildman–Crippen MR) is 208 cm³/mol. The fraction of sp³-hybridized carbons (Fsp3) is 0. The minimum atomic E-state index is -0.862. The van der Waals surface area contributed by atoms with Gasteiger partial charge in [0.15, 0.2) is 0 Å². The van der Waals surface area contributed by atoms with Crippen LogP contribution in [0.4, 0.5) is 0 Å². The van der Waals surface area contributed by atoms with Gasteiger partial charge in [0, 0.05) is 16.2 Å². The van der Waals surface area contributed by atoms with Crippen molar-refractivity contribution in [3.63, 3.8) is 0 Å². The van der Waals surface area contributed by atoms with Crippen LogP contribution in [0, 0.1) is 0 Å². The SMILES string of the molecule is [2H]c1c([2H])c([2H])c(-c2c([2H])c([2H])c(-c3c([2H])c([2H])c([2H])c([2H])c3-c3c4ccccc4c(-c4c([2H])c([2H])c([2H])c5oc6c7c([2H])c([2H])c([2H])c([2H])c7c([2H])c([2H])c6c45)c4ccccc34)c([2H])c2[2H])c([2H])c1[2H]. The Kier molecular flexibility index (Phi) is 3.07. The Morgan fingerprint density at radius 3 is 1.63 bits per heavy atom. The molecule has 0 saturated carbocycles. The van der Waals surface area contributed by atoms with Gasteiger partial charge in [-0.3, -0.25) is 0 Å². The predicted octanol–water partition coefficient (Wildman–Crippen LogP) is 13.7. The zero-order valence-corrected chi connectivity index (χ0v) is 25.0. The Balaban J connectivity index is 1.38. The van der Waals surface area contributed by atoms with Gasteiger partial charge in [-0.15, -0.1) is 0 Å². The van der Waals surface area contributed by atoms with E-state index < -0.39 is 155 Å². The molecule has 0 atom stereocenters. The minimum absolute atomic E-state index is 0.0789. The van der Waals surface area contributed by atoms with Gasteiger partial charge in [-0.05, 0) is 83.5 Å². The third kappa shape index (κ3) is 4.33. The second kappa shape index (κ2) is 11.1. The molecule has 0 unspecified atom stereocenters. The van der Waals surface area contributed by atoms with Crippen LogP contribution >= 0.6 is 0 Å². The lowest BCUT2D eigenvalue weighted by atomic mass is 9.83. The molecule has 0 saturated heterocycles. The summed E-state index contributed by atoms with van der Waals surface area (Å²) in [5, 5.41) is 0.150. The van der Waals surface area contributed by atoms with Crippen LogP contribution in [-0.4, -0.2) is 0 Å². The summed E-state index contributed by atoms with van der Waals surface area (Å²) in [6.07, 6.45) is 0. The first-order valence-electron chi connectivity index (χ1n) is 26.1. The smallest absolute Gasteiger partial charge is 0.143 e. The Morgan fingerprint density at radius 2 is 0.918 bits per heavy atom. The molecule has 228 valence electrons. The molecule has 0 aliphatic rings. The Bertz CT molecular complexity index is 4030. The number of rotatable bonds is 4. The summed E-state index contributed by atoms with van der Waals surface area (Å²) in [4.78, 5) is 0. The third-order valence-corrected chi connectivity index (χ3v) is 8.49. The Morgan fingerprint density at radius 1 is 0.367 bits per heavy atom. The molecule has 0 amide bonds. The summed E-state index contributed by atoms with van der Waals surface area (Å²) in [7, 11) is 0. The molecule has 0 aliphatic carbocycles. The standard InChI is InChI=1S/C48H30O/c1-2-13-31(14-3-1)32-25-27-34(28-26-32)35-16-6-7-18-37(35)45-38-19-8-10-21-40(38)46(41-22-11-9-20-39(41)45)42-23-12-24-44-47(42)43-30-29-33-15-4-5-17-36(33)48(43)49-44/h1-30H/i1D,2D,3D,4D,5D,6D,7D,12D,13D,14D,15D,16D,17D,18D,23D,24D,25D,26D,27D,28D,29D,30D. The van der Waals surface area contributed by atoms with E-state index in [0.717, 1.165) is 0 Å². The van der Waals surface area contributed by atoms with Gasteiger partial charge in [-0.2, -0.15) is 0 Å². The monoisotopic (exact) mass is 644 g/mol. The quantitative estimate of drug-likeness (QED) is 0.174. The maximum Gasteiger partial charge on any atom is 0.143 e. The van der Waals surface area contributed by atoms with Gasteiger partial charge in [0.25, 0.3) is 0 Å². The van der Waals surface area contributed by atoms with Crippen LogP contribution in [0.1, 0.15) is 30.2 Å². The maximum absolute atomic E-state index is 9.54. The second-order valence-electron chi connectivity index (χ2n) is 11.1. The summed E-state index contributed by atoms with van der Waals surface area (Å²) < 4.78 is 202. The van der Waals surface area contributed by atoms with Gasteiger partial charge in [-0.1, -0.05) is 169 Å². The molecule has 0 N–H and O–H groups in total. The summed E-state index contributed by atoms with van der Waals surface area (Å²) in [6, 6.07) is -2.77. The summed E-state index contributed by atoms with van der Waals surface area (Å²) >= 11 is 0. The van der Waals surface area contributed by atoms with Gasteiger partial charge < -0.3 is 4.42 Å². The third-order valence-electron chi connectivity index (χ3n) is 8.49. The van der Waals surface area contributed by atoms with Crippen LogP contribution in [-0.2, 0) is 0 Å². The maximum atomic E-state index is 9.54. The normalized spacial score (nSPS) is 18.0. The van der Waals surface area contributed by atoms with Crippen molar-refractivity contribution in [2.75, 3.05) is 0 Å². The minimum Gasteiger partial charge on any atom is -0.455 e.